The van der Waals surface area contributed by atoms with E-state index in [2.05, 4.69) is 15.4 Å². The van der Waals surface area contributed by atoms with Crippen molar-refractivity contribution in [2.24, 2.45) is 13.0 Å². The van der Waals surface area contributed by atoms with Crippen molar-refractivity contribution in [3.8, 4) is 0 Å². The second-order valence-electron chi connectivity index (χ2n) is 5.22. The molecule has 0 aliphatic heterocycles. The zero-order valence-electron chi connectivity index (χ0n) is 12.3. The molecule has 1 unspecified atom stereocenters. The maximum atomic E-state index is 12.3. The maximum absolute atomic E-state index is 12.3. The number of fused-ring (bicyclic) bond motifs is 1. The van der Waals surface area contributed by atoms with Gasteiger partial charge >= 0.3 is 0 Å². The summed E-state index contributed by atoms with van der Waals surface area (Å²) in [5.41, 5.74) is 2.86. The van der Waals surface area contributed by atoms with Crippen molar-refractivity contribution in [3.05, 3.63) is 23.0 Å². The molecule has 0 aliphatic rings. The largest absolute Gasteiger partial charge is 0.396 e. The molecule has 2 rings (SSSR count). The first-order valence-corrected chi connectivity index (χ1v) is 6.64. The highest BCUT2D eigenvalue weighted by Crippen LogP contribution is 2.21. The standard InChI is InChI=1S/C14H20N4O2/c1-8(7-19)6-15-14(20)11-5-9(2)16-13-12(11)10(3)17-18(13)4/h5,8,19H,6-7H2,1-4H3,(H,15,20). The number of aromatic nitrogens is 3. The molecule has 6 nitrogen and oxygen atoms in total. The highest BCUT2D eigenvalue weighted by Gasteiger charge is 2.17. The zero-order chi connectivity index (χ0) is 14.9. The zero-order valence-corrected chi connectivity index (χ0v) is 12.3. The predicted molar refractivity (Wildman–Crippen MR) is 76.6 cm³/mol. The summed E-state index contributed by atoms with van der Waals surface area (Å²) in [6.45, 7) is 6.10. The van der Waals surface area contributed by atoms with Crippen molar-refractivity contribution >= 4 is 16.9 Å². The van der Waals surface area contributed by atoms with Gasteiger partial charge in [0.25, 0.3) is 5.91 Å². The van der Waals surface area contributed by atoms with Crippen LogP contribution in [0.1, 0.15) is 28.7 Å². The van der Waals surface area contributed by atoms with Gasteiger partial charge in [0.15, 0.2) is 5.65 Å². The number of hydrogen-bond acceptors (Lipinski definition) is 4. The Morgan fingerprint density at radius 2 is 2.20 bits per heavy atom. The molecule has 1 atom stereocenters. The van der Waals surface area contributed by atoms with Gasteiger partial charge in [-0.1, -0.05) is 6.92 Å². The van der Waals surface area contributed by atoms with Crippen LogP contribution in [0.4, 0.5) is 0 Å². The van der Waals surface area contributed by atoms with E-state index in [1.54, 1.807) is 10.7 Å². The number of aliphatic hydroxyl groups excluding tert-OH is 1. The normalized spacial score (nSPS) is 12.7. The van der Waals surface area contributed by atoms with E-state index in [1.165, 1.54) is 0 Å². The molecular weight excluding hydrogens is 256 g/mol. The van der Waals surface area contributed by atoms with Gasteiger partial charge in [-0.2, -0.15) is 5.10 Å². The number of carbonyl (C=O) groups excluding carboxylic acids is 1. The van der Waals surface area contributed by atoms with Gasteiger partial charge < -0.3 is 10.4 Å². The summed E-state index contributed by atoms with van der Waals surface area (Å²) in [7, 11) is 1.82. The summed E-state index contributed by atoms with van der Waals surface area (Å²) in [4.78, 5) is 16.8. The van der Waals surface area contributed by atoms with E-state index < -0.39 is 0 Å². The first-order valence-electron chi connectivity index (χ1n) is 6.64. The van der Waals surface area contributed by atoms with Gasteiger partial charge in [-0.25, -0.2) is 4.98 Å². The number of rotatable bonds is 4. The molecule has 0 aromatic carbocycles. The minimum atomic E-state index is -0.156. The van der Waals surface area contributed by atoms with E-state index in [1.807, 2.05) is 27.8 Å². The van der Waals surface area contributed by atoms with Crippen LogP contribution in [0.3, 0.4) is 0 Å². The van der Waals surface area contributed by atoms with Crippen molar-refractivity contribution < 1.29 is 9.90 Å². The molecule has 0 spiro atoms. The fourth-order valence-electron chi connectivity index (χ4n) is 2.18. The third-order valence-corrected chi connectivity index (χ3v) is 3.26. The third kappa shape index (κ3) is 2.65. The molecule has 0 radical (unpaired) electrons. The van der Waals surface area contributed by atoms with Crippen LogP contribution in [0.5, 0.6) is 0 Å². The maximum Gasteiger partial charge on any atom is 0.252 e. The van der Waals surface area contributed by atoms with Crippen molar-refractivity contribution in [3.63, 3.8) is 0 Å². The molecule has 0 fully saturated rings. The van der Waals surface area contributed by atoms with Gasteiger partial charge in [0.2, 0.25) is 0 Å². The fraction of sp³-hybridized carbons (Fsp3) is 0.500. The third-order valence-electron chi connectivity index (χ3n) is 3.26. The van der Waals surface area contributed by atoms with E-state index in [9.17, 15) is 4.79 Å². The molecule has 1 amide bonds. The highest BCUT2D eigenvalue weighted by atomic mass is 16.3. The fourth-order valence-corrected chi connectivity index (χ4v) is 2.18. The van der Waals surface area contributed by atoms with Crippen molar-refractivity contribution in [1.82, 2.24) is 20.1 Å². The van der Waals surface area contributed by atoms with Crippen LogP contribution >= 0.6 is 0 Å². The molecule has 108 valence electrons. The number of pyridine rings is 1. The summed E-state index contributed by atoms with van der Waals surface area (Å²) in [5.74, 6) is -0.121. The van der Waals surface area contributed by atoms with Crippen LogP contribution in [0.25, 0.3) is 11.0 Å². The van der Waals surface area contributed by atoms with Crippen molar-refractivity contribution in [1.29, 1.82) is 0 Å². The number of nitrogens with one attached hydrogen (secondary N) is 1. The van der Waals surface area contributed by atoms with Crippen LogP contribution in [0.15, 0.2) is 6.07 Å². The summed E-state index contributed by atoms with van der Waals surface area (Å²) in [6.07, 6.45) is 0. The molecule has 2 heterocycles. The number of amides is 1. The molecule has 2 N–H and O–H groups in total. The molecule has 0 bridgehead atoms. The lowest BCUT2D eigenvalue weighted by Gasteiger charge is -2.11. The second kappa shape index (κ2) is 5.58. The summed E-state index contributed by atoms with van der Waals surface area (Å²) >= 11 is 0. The first-order chi connectivity index (χ1) is 9.43. The lowest BCUT2D eigenvalue weighted by molar-refractivity contribution is 0.0943. The van der Waals surface area contributed by atoms with E-state index in [0.717, 1.165) is 16.8 Å². The Bertz CT molecular complexity index is 648. The monoisotopic (exact) mass is 276 g/mol. The van der Waals surface area contributed by atoms with Crippen molar-refractivity contribution in [2.75, 3.05) is 13.2 Å². The quantitative estimate of drug-likeness (QED) is 0.871. The van der Waals surface area contributed by atoms with Gasteiger partial charge in [0.1, 0.15) is 0 Å². The molecule has 2 aromatic heterocycles. The van der Waals surface area contributed by atoms with Gasteiger partial charge in [0.05, 0.1) is 16.6 Å². The number of aryl methyl sites for hydroxylation is 3. The van der Waals surface area contributed by atoms with E-state index in [-0.39, 0.29) is 18.4 Å². The van der Waals surface area contributed by atoms with Gasteiger partial charge in [0, 0.05) is 25.9 Å². The Morgan fingerprint density at radius 1 is 1.50 bits per heavy atom. The van der Waals surface area contributed by atoms with Gasteiger partial charge in [-0.05, 0) is 25.8 Å². The van der Waals surface area contributed by atoms with Crippen LogP contribution < -0.4 is 5.32 Å². The Kier molecular flexibility index (Phi) is 4.04. The van der Waals surface area contributed by atoms with Crippen LogP contribution in [-0.2, 0) is 7.05 Å². The molecule has 0 saturated carbocycles. The SMILES string of the molecule is Cc1cc(C(=O)NCC(C)CO)c2c(C)nn(C)c2n1. The lowest BCUT2D eigenvalue weighted by atomic mass is 10.1. The summed E-state index contributed by atoms with van der Waals surface area (Å²) < 4.78 is 1.69. The Labute approximate surface area is 117 Å². The molecule has 0 aliphatic carbocycles. The smallest absolute Gasteiger partial charge is 0.252 e. The number of aliphatic hydroxyl groups is 1. The summed E-state index contributed by atoms with van der Waals surface area (Å²) in [6, 6.07) is 1.77. The molecule has 2 aromatic rings. The van der Waals surface area contributed by atoms with E-state index in [4.69, 9.17) is 5.11 Å². The highest BCUT2D eigenvalue weighted by molar-refractivity contribution is 6.06. The Hall–Kier alpha value is -1.95. The minimum absolute atomic E-state index is 0.0346. The van der Waals surface area contributed by atoms with Gasteiger partial charge in [-0.15, -0.1) is 0 Å². The molecule has 6 heteroatoms. The lowest BCUT2D eigenvalue weighted by Crippen LogP contribution is -2.29. The van der Waals surface area contributed by atoms with Crippen molar-refractivity contribution in [2.45, 2.75) is 20.8 Å². The summed E-state index contributed by atoms with van der Waals surface area (Å²) in [5, 5.41) is 17.0. The topological polar surface area (TPSA) is 80.0 Å². The first kappa shape index (κ1) is 14.5. The average molecular weight is 276 g/mol. The van der Waals surface area contributed by atoms with Crippen LogP contribution in [0, 0.1) is 19.8 Å². The van der Waals surface area contributed by atoms with E-state index >= 15 is 0 Å². The number of hydrogen-bond donors (Lipinski definition) is 2. The molecular formula is C14H20N4O2. The Morgan fingerprint density at radius 3 is 2.85 bits per heavy atom. The predicted octanol–water partition coefficient (Wildman–Crippen LogP) is 0.943. The number of carbonyl (C=O) groups is 1. The second-order valence-corrected chi connectivity index (χ2v) is 5.22. The molecule has 0 saturated heterocycles. The van der Waals surface area contributed by atoms with Crippen LogP contribution in [-0.4, -0.2) is 38.9 Å². The van der Waals surface area contributed by atoms with Crippen LogP contribution in [0.2, 0.25) is 0 Å². The average Bonchev–Trinajstić information content (AvgIpc) is 2.69. The van der Waals surface area contributed by atoms with Gasteiger partial charge in [-0.3, -0.25) is 9.48 Å². The van der Waals surface area contributed by atoms with E-state index in [0.29, 0.717) is 17.8 Å². The number of nitrogens with zero attached hydrogens (tertiary/aromatic N) is 3. The Balaban J connectivity index is 2.40. The molecule has 20 heavy (non-hydrogen) atoms. The minimum Gasteiger partial charge on any atom is -0.396 e.